The second-order valence-electron chi connectivity index (χ2n) is 7.23. The van der Waals surface area contributed by atoms with E-state index >= 15 is 0 Å². The number of likely N-dealkylation sites (tertiary alicyclic amines) is 1. The number of hydrogen-bond acceptors (Lipinski definition) is 2. The lowest BCUT2D eigenvalue weighted by Crippen LogP contribution is -3.00. The molecule has 0 saturated carbocycles. The van der Waals surface area contributed by atoms with Crippen molar-refractivity contribution in [1.82, 2.24) is 0 Å². The molecule has 1 atom stereocenters. The molecule has 3 nitrogen and oxygen atoms in total. The fourth-order valence-corrected chi connectivity index (χ4v) is 4.20. The van der Waals surface area contributed by atoms with Crippen LogP contribution in [0.15, 0.2) is 60.7 Å². The van der Waals surface area contributed by atoms with Crippen molar-refractivity contribution in [3.05, 3.63) is 71.8 Å². The molecule has 3 rings (SSSR count). The molecule has 2 aromatic carbocycles. The Hall–Kier alpha value is -1.65. The molecule has 0 bridgehead atoms. The summed E-state index contributed by atoms with van der Waals surface area (Å²) in [6.07, 6.45) is 1.65. The van der Waals surface area contributed by atoms with Gasteiger partial charge < -0.3 is 26.2 Å². The first-order valence-electron chi connectivity index (χ1n) is 8.57. The maximum Gasteiger partial charge on any atom is 0.302 e. The number of ether oxygens (including phenoxy) is 1. The average molecular weight is 404 g/mol. The van der Waals surface area contributed by atoms with E-state index in [2.05, 4.69) is 74.8 Å². The summed E-state index contributed by atoms with van der Waals surface area (Å²) in [6.45, 7) is 2.46. The standard InChI is InChI=1S/C21H26NO2.BrH/c1-17(23)24-20-14-15-22(2,3)21(16-20,18-10-6-4-7-11-18)19-12-8-5-9-13-19;/h4-13,20H,14-16H2,1-3H3;1H/q+1;/p-1. The van der Waals surface area contributed by atoms with Crippen molar-refractivity contribution in [2.45, 2.75) is 31.4 Å². The molecular formula is C21H26BrNO2. The van der Waals surface area contributed by atoms with Crippen LogP contribution in [0.5, 0.6) is 0 Å². The summed E-state index contributed by atoms with van der Waals surface area (Å²) in [6, 6.07) is 21.3. The Labute approximate surface area is 161 Å². The van der Waals surface area contributed by atoms with Gasteiger partial charge in [0.1, 0.15) is 6.10 Å². The van der Waals surface area contributed by atoms with Crippen molar-refractivity contribution in [3.8, 4) is 0 Å². The lowest BCUT2D eigenvalue weighted by molar-refractivity contribution is -0.949. The normalized spacial score (nSPS) is 21.0. The zero-order valence-corrected chi connectivity index (χ0v) is 16.7. The minimum atomic E-state index is -0.221. The Morgan fingerprint density at radius 2 is 1.48 bits per heavy atom. The average Bonchev–Trinajstić information content (AvgIpc) is 2.58. The van der Waals surface area contributed by atoms with E-state index in [1.54, 1.807) is 0 Å². The van der Waals surface area contributed by atoms with E-state index in [1.807, 2.05) is 0 Å². The molecule has 0 aromatic heterocycles. The van der Waals surface area contributed by atoms with Gasteiger partial charge in [-0.15, -0.1) is 0 Å². The van der Waals surface area contributed by atoms with Crippen LogP contribution in [0.4, 0.5) is 0 Å². The van der Waals surface area contributed by atoms with Gasteiger partial charge in [0.05, 0.1) is 20.6 Å². The Bertz CT molecular complexity index is 661. The first-order valence-corrected chi connectivity index (χ1v) is 8.57. The van der Waals surface area contributed by atoms with Gasteiger partial charge in [-0.25, -0.2) is 0 Å². The molecule has 1 saturated heterocycles. The fourth-order valence-electron chi connectivity index (χ4n) is 4.20. The molecule has 0 aliphatic carbocycles. The molecule has 2 aromatic rings. The molecule has 1 aliphatic heterocycles. The Balaban J connectivity index is 0.00000225. The lowest BCUT2D eigenvalue weighted by Gasteiger charge is -2.53. The molecule has 1 fully saturated rings. The van der Waals surface area contributed by atoms with Crippen LogP contribution < -0.4 is 17.0 Å². The largest absolute Gasteiger partial charge is 1.00 e. The third-order valence-corrected chi connectivity index (χ3v) is 5.40. The van der Waals surface area contributed by atoms with E-state index in [9.17, 15) is 4.79 Å². The highest BCUT2D eigenvalue weighted by Gasteiger charge is 2.53. The van der Waals surface area contributed by atoms with Crippen molar-refractivity contribution >= 4 is 5.97 Å². The maximum atomic E-state index is 11.5. The summed E-state index contributed by atoms with van der Waals surface area (Å²) >= 11 is 0. The van der Waals surface area contributed by atoms with E-state index in [0.29, 0.717) is 0 Å². The van der Waals surface area contributed by atoms with Crippen molar-refractivity contribution in [2.75, 3.05) is 20.6 Å². The molecule has 0 spiro atoms. The van der Waals surface area contributed by atoms with Crippen LogP contribution in [0.25, 0.3) is 0 Å². The summed E-state index contributed by atoms with van der Waals surface area (Å²) in [5.41, 5.74) is 2.33. The summed E-state index contributed by atoms with van der Waals surface area (Å²) in [4.78, 5) is 11.5. The van der Waals surface area contributed by atoms with Gasteiger partial charge in [0.2, 0.25) is 0 Å². The van der Waals surface area contributed by atoms with Crippen molar-refractivity contribution < 1.29 is 31.0 Å². The van der Waals surface area contributed by atoms with Crippen LogP contribution >= 0.6 is 0 Å². The third-order valence-electron chi connectivity index (χ3n) is 5.40. The zero-order chi connectivity index (χ0) is 17.2. The minimum absolute atomic E-state index is 0. The number of carbonyl (C=O) groups is 1. The number of esters is 1. The summed E-state index contributed by atoms with van der Waals surface area (Å²) < 4.78 is 6.48. The van der Waals surface area contributed by atoms with E-state index in [-0.39, 0.29) is 34.6 Å². The molecule has 25 heavy (non-hydrogen) atoms. The third kappa shape index (κ3) is 3.65. The summed E-state index contributed by atoms with van der Waals surface area (Å²) in [5, 5.41) is 0. The Morgan fingerprint density at radius 3 is 1.92 bits per heavy atom. The van der Waals surface area contributed by atoms with Crippen LogP contribution in [0, 0.1) is 0 Å². The van der Waals surface area contributed by atoms with Crippen molar-refractivity contribution in [3.63, 3.8) is 0 Å². The van der Waals surface area contributed by atoms with Crippen LogP contribution in [0.1, 0.15) is 30.9 Å². The van der Waals surface area contributed by atoms with Crippen molar-refractivity contribution in [1.29, 1.82) is 0 Å². The van der Waals surface area contributed by atoms with E-state index in [1.165, 1.54) is 18.1 Å². The van der Waals surface area contributed by atoms with E-state index in [4.69, 9.17) is 4.74 Å². The van der Waals surface area contributed by atoms with Gasteiger partial charge in [0.15, 0.2) is 5.54 Å². The number of nitrogens with zero attached hydrogens (tertiary/aromatic N) is 1. The number of carbonyl (C=O) groups excluding carboxylic acids is 1. The Morgan fingerprint density at radius 1 is 1.00 bits per heavy atom. The first kappa shape index (κ1) is 19.7. The van der Waals surface area contributed by atoms with Gasteiger partial charge in [-0.05, 0) is 0 Å². The molecule has 1 unspecified atom stereocenters. The lowest BCUT2D eigenvalue weighted by atomic mass is 9.72. The molecule has 0 radical (unpaired) electrons. The number of hydrogen-bond donors (Lipinski definition) is 0. The SMILES string of the molecule is CC(=O)OC1CC[N+](C)(C)C(c2ccccc2)(c2ccccc2)C1.[Br-]. The predicted octanol–water partition coefficient (Wildman–Crippen LogP) is 0.736. The van der Waals surface area contributed by atoms with Gasteiger partial charge in [-0.3, -0.25) is 4.79 Å². The zero-order valence-electron chi connectivity index (χ0n) is 15.1. The predicted molar refractivity (Wildman–Crippen MR) is 95.4 cm³/mol. The number of rotatable bonds is 3. The second-order valence-corrected chi connectivity index (χ2v) is 7.23. The molecule has 1 heterocycles. The monoisotopic (exact) mass is 403 g/mol. The maximum absolute atomic E-state index is 11.5. The number of quaternary nitrogens is 1. The van der Waals surface area contributed by atoms with Gasteiger partial charge in [-0.1, -0.05) is 60.7 Å². The van der Waals surface area contributed by atoms with Gasteiger partial charge in [0.25, 0.3) is 0 Å². The van der Waals surface area contributed by atoms with E-state index in [0.717, 1.165) is 23.9 Å². The van der Waals surface area contributed by atoms with Gasteiger partial charge in [-0.2, -0.15) is 0 Å². The first-order chi connectivity index (χ1) is 11.5. The molecule has 134 valence electrons. The van der Waals surface area contributed by atoms with Crippen LogP contribution in [-0.2, 0) is 15.1 Å². The highest BCUT2D eigenvalue weighted by molar-refractivity contribution is 5.66. The molecule has 4 heteroatoms. The molecule has 1 aliphatic rings. The fraction of sp³-hybridized carbons (Fsp3) is 0.381. The van der Waals surface area contributed by atoms with E-state index < -0.39 is 0 Å². The quantitative estimate of drug-likeness (QED) is 0.557. The molecule has 0 N–H and O–H groups in total. The van der Waals surface area contributed by atoms with Crippen LogP contribution in [0.3, 0.4) is 0 Å². The molecular weight excluding hydrogens is 378 g/mol. The Kier molecular flexibility index (Phi) is 6.07. The smallest absolute Gasteiger partial charge is 0.302 e. The number of piperidine rings is 1. The van der Waals surface area contributed by atoms with Gasteiger partial charge >= 0.3 is 5.97 Å². The van der Waals surface area contributed by atoms with Crippen LogP contribution in [0.2, 0.25) is 0 Å². The van der Waals surface area contributed by atoms with Gasteiger partial charge in [0, 0.05) is 30.9 Å². The highest BCUT2D eigenvalue weighted by Crippen LogP contribution is 2.47. The number of benzene rings is 2. The number of halogens is 1. The second kappa shape index (κ2) is 7.71. The topological polar surface area (TPSA) is 26.3 Å². The summed E-state index contributed by atoms with van der Waals surface area (Å²) in [7, 11) is 4.56. The van der Waals surface area contributed by atoms with Crippen LogP contribution in [-0.4, -0.2) is 37.2 Å². The highest BCUT2D eigenvalue weighted by atomic mass is 79.9. The van der Waals surface area contributed by atoms with Crippen molar-refractivity contribution in [2.24, 2.45) is 0 Å². The minimum Gasteiger partial charge on any atom is -1.00 e. The summed E-state index contributed by atoms with van der Waals surface area (Å²) in [5.74, 6) is -0.192. The molecule has 0 amide bonds.